The fourth-order valence-corrected chi connectivity index (χ4v) is 6.87. The average molecular weight is 623 g/mol. The minimum atomic E-state index is -0.147. The van der Waals surface area contributed by atoms with Gasteiger partial charge in [-0.25, -0.2) is 15.0 Å². The van der Waals surface area contributed by atoms with Gasteiger partial charge in [0.1, 0.15) is 0 Å². The summed E-state index contributed by atoms with van der Waals surface area (Å²) in [7, 11) is 0. The Balaban J connectivity index is 1.15. The molecule has 6 aromatic carbocycles. The monoisotopic (exact) mass is 622 g/mol. The highest BCUT2D eigenvalue weighted by atomic mass is 16.6. The number of fused-ring (bicyclic) bond motifs is 6. The molecule has 0 saturated heterocycles. The molecule has 6 nitrogen and oxygen atoms in total. The van der Waals surface area contributed by atoms with Gasteiger partial charge in [-0.3, -0.25) is 0 Å². The van der Waals surface area contributed by atoms with Gasteiger partial charge < -0.3 is 15.2 Å². The normalized spacial score (nSPS) is 13.4. The van der Waals surface area contributed by atoms with E-state index in [0.717, 1.165) is 39.1 Å². The van der Waals surface area contributed by atoms with Gasteiger partial charge in [-0.2, -0.15) is 0 Å². The molecule has 0 bridgehead atoms. The van der Waals surface area contributed by atoms with Crippen molar-refractivity contribution >= 4 is 5.69 Å². The second-order valence-electron chi connectivity index (χ2n) is 12.7. The van der Waals surface area contributed by atoms with Gasteiger partial charge in [0, 0.05) is 33.4 Å². The first-order chi connectivity index (χ1) is 23.4. The minimum Gasteiger partial charge on any atom is -0.449 e. The highest BCUT2D eigenvalue weighted by Gasteiger charge is 2.39. The van der Waals surface area contributed by atoms with Crippen molar-refractivity contribution in [2.75, 3.05) is 5.73 Å². The maximum absolute atomic E-state index is 6.73. The van der Waals surface area contributed by atoms with E-state index in [9.17, 15) is 0 Å². The van der Waals surface area contributed by atoms with Crippen LogP contribution in [0, 0.1) is 0 Å². The molecule has 0 atom stereocenters. The fourth-order valence-electron chi connectivity index (χ4n) is 6.87. The van der Waals surface area contributed by atoms with Gasteiger partial charge in [0.25, 0.3) is 0 Å². The van der Waals surface area contributed by atoms with Crippen LogP contribution in [0.3, 0.4) is 0 Å². The quantitative estimate of drug-likeness (QED) is 0.197. The van der Waals surface area contributed by atoms with Crippen LogP contribution in [0.15, 0.2) is 133 Å². The molecule has 0 spiro atoms. The highest BCUT2D eigenvalue weighted by Crippen LogP contribution is 2.58. The molecule has 0 saturated carbocycles. The Morgan fingerprint density at radius 1 is 0.479 bits per heavy atom. The Kier molecular flexibility index (Phi) is 6.21. The largest absolute Gasteiger partial charge is 0.449 e. The van der Waals surface area contributed by atoms with Gasteiger partial charge >= 0.3 is 0 Å². The van der Waals surface area contributed by atoms with Crippen molar-refractivity contribution in [2.24, 2.45) is 0 Å². The summed E-state index contributed by atoms with van der Waals surface area (Å²) in [6, 6.07) is 44.6. The van der Waals surface area contributed by atoms with E-state index >= 15 is 0 Å². The van der Waals surface area contributed by atoms with Gasteiger partial charge in [0.15, 0.2) is 40.5 Å². The van der Waals surface area contributed by atoms with E-state index in [2.05, 4.69) is 56.3 Å². The Labute approximate surface area is 278 Å². The van der Waals surface area contributed by atoms with Crippen molar-refractivity contribution in [2.45, 2.75) is 19.3 Å². The SMILES string of the molecule is CC1(C)c2ccccc2-c2c1ccc1c2Oc2cc(-c3nc(-c4ccccc4)nc(-c4cccc(-c5cccc(N)c5)c4)n3)ccc2O1. The van der Waals surface area contributed by atoms with Crippen LogP contribution in [0.1, 0.15) is 25.0 Å². The molecule has 0 amide bonds. The molecule has 6 heteroatoms. The van der Waals surface area contributed by atoms with Gasteiger partial charge in [-0.15, -0.1) is 0 Å². The molecule has 9 rings (SSSR count). The third-order valence-corrected chi connectivity index (χ3v) is 9.31. The van der Waals surface area contributed by atoms with E-state index in [-0.39, 0.29) is 5.41 Å². The number of ether oxygens (including phenoxy) is 2. The van der Waals surface area contributed by atoms with Crippen LogP contribution < -0.4 is 15.2 Å². The summed E-state index contributed by atoms with van der Waals surface area (Å²) in [5.74, 6) is 4.38. The van der Waals surface area contributed by atoms with E-state index in [1.54, 1.807) is 0 Å². The zero-order valence-electron chi connectivity index (χ0n) is 26.4. The summed E-state index contributed by atoms with van der Waals surface area (Å²) in [5.41, 5.74) is 16.0. The maximum atomic E-state index is 6.73. The number of hydrogen-bond donors (Lipinski definition) is 1. The third kappa shape index (κ3) is 4.53. The zero-order chi connectivity index (χ0) is 32.4. The first kappa shape index (κ1) is 28.0. The molecule has 0 unspecified atom stereocenters. The highest BCUT2D eigenvalue weighted by molar-refractivity contribution is 5.88. The van der Waals surface area contributed by atoms with Crippen molar-refractivity contribution in [1.82, 2.24) is 15.0 Å². The number of benzene rings is 6. The van der Waals surface area contributed by atoms with Crippen LogP contribution in [0.25, 0.3) is 56.4 Å². The van der Waals surface area contributed by atoms with Crippen LogP contribution >= 0.6 is 0 Å². The summed E-state index contributed by atoms with van der Waals surface area (Å²) in [4.78, 5) is 14.9. The topological polar surface area (TPSA) is 83.2 Å². The van der Waals surface area contributed by atoms with Crippen LogP contribution in [0.5, 0.6) is 23.0 Å². The van der Waals surface area contributed by atoms with Crippen molar-refractivity contribution in [3.8, 4) is 79.4 Å². The first-order valence-corrected chi connectivity index (χ1v) is 16.0. The molecule has 230 valence electrons. The number of aromatic nitrogens is 3. The number of anilines is 1. The smallest absolute Gasteiger partial charge is 0.178 e. The molecule has 1 aromatic heterocycles. The van der Waals surface area contributed by atoms with Gasteiger partial charge in [0.2, 0.25) is 0 Å². The first-order valence-electron chi connectivity index (χ1n) is 16.0. The number of rotatable bonds is 4. The Bertz CT molecular complexity index is 2400. The number of nitrogen functional groups attached to an aromatic ring is 1. The second-order valence-corrected chi connectivity index (χ2v) is 12.7. The molecule has 2 N–H and O–H groups in total. The predicted molar refractivity (Wildman–Crippen MR) is 190 cm³/mol. The summed E-state index contributed by atoms with van der Waals surface area (Å²) >= 11 is 0. The lowest BCUT2D eigenvalue weighted by atomic mass is 9.82. The molecule has 0 radical (unpaired) electrons. The number of hydrogen-bond acceptors (Lipinski definition) is 6. The standard InChI is InChI=1S/C42H30N4O2/c1-42(2)32-17-7-6-16-31(32)37-33(42)19-21-35-38(37)48-36-24-29(18-20-34(36)47-35)41-45-39(25-10-4-3-5-11-25)44-40(46-41)28-14-8-12-26(22-28)27-13-9-15-30(43)23-27/h3-24H,43H2,1-2H3. The third-order valence-electron chi connectivity index (χ3n) is 9.31. The molecular formula is C42H30N4O2. The number of nitrogens with zero attached hydrogens (tertiary/aromatic N) is 3. The van der Waals surface area contributed by atoms with Crippen molar-refractivity contribution in [1.29, 1.82) is 0 Å². The zero-order valence-corrected chi connectivity index (χ0v) is 26.4. The summed E-state index contributed by atoms with van der Waals surface area (Å²) in [6.45, 7) is 4.51. The van der Waals surface area contributed by atoms with Crippen molar-refractivity contribution in [3.05, 3.63) is 145 Å². The molecule has 48 heavy (non-hydrogen) atoms. The summed E-state index contributed by atoms with van der Waals surface area (Å²) in [6.07, 6.45) is 0. The number of nitrogens with two attached hydrogens (primary N) is 1. The Morgan fingerprint density at radius 3 is 1.90 bits per heavy atom. The van der Waals surface area contributed by atoms with Gasteiger partial charge in [0.05, 0.1) is 0 Å². The molecule has 1 aliphatic heterocycles. The van der Waals surface area contributed by atoms with E-state index in [1.165, 1.54) is 16.7 Å². The lowest BCUT2D eigenvalue weighted by Gasteiger charge is -2.25. The van der Waals surface area contributed by atoms with Crippen LogP contribution in [0.2, 0.25) is 0 Å². The van der Waals surface area contributed by atoms with Crippen LogP contribution in [-0.2, 0) is 5.41 Å². The molecule has 7 aromatic rings. The van der Waals surface area contributed by atoms with Gasteiger partial charge in [-0.05, 0) is 70.3 Å². The molecular weight excluding hydrogens is 592 g/mol. The van der Waals surface area contributed by atoms with Gasteiger partial charge in [-0.1, -0.05) is 105 Å². The van der Waals surface area contributed by atoms with E-state index in [4.69, 9.17) is 30.2 Å². The predicted octanol–water partition coefficient (Wildman–Crippen LogP) is 10.3. The van der Waals surface area contributed by atoms with E-state index < -0.39 is 0 Å². The minimum absolute atomic E-state index is 0.147. The maximum Gasteiger partial charge on any atom is 0.178 e. The van der Waals surface area contributed by atoms with Crippen LogP contribution in [-0.4, -0.2) is 15.0 Å². The van der Waals surface area contributed by atoms with E-state index in [0.29, 0.717) is 40.4 Å². The lowest BCUT2D eigenvalue weighted by molar-refractivity contribution is 0.360. The van der Waals surface area contributed by atoms with Crippen molar-refractivity contribution < 1.29 is 9.47 Å². The van der Waals surface area contributed by atoms with E-state index in [1.807, 2.05) is 91.0 Å². The fraction of sp³-hybridized carbons (Fsp3) is 0.0714. The molecule has 1 aliphatic carbocycles. The van der Waals surface area contributed by atoms with Crippen LogP contribution in [0.4, 0.5) is 5.69 Å². The van der Waals surface area contributed by atoms with Crippen molar-refractivity contribution in [3.63, 3.8) is 0 Å². The second kappa shape index (κ2) is 10.6. The average Bonchev–Trinajstić information content (AvgIpc) is 3.37. The Morgan fingerprint density at radius 2 is 1.10 bits per heavy atom. The molecule has 0 fully saturated rings. The summed E-state index contributed by atoms with van der Waals surface area (Å²) < 4.78 is 13.2. The molecule has 2 aliphatic rings. The Hall–Kier alpha value is -6.27. The molecule has 2 heterocycles. The summed E-state index contributed by atoms with van der Waals surface area (Å²) in [5, 5.41) is 0. The lowest BCUT2D eigenvalue weighted by Crippen LogP contribution is -2.15.